The third kappa shape index (κ3) is 4.53. The van der Waals surface area contributed by atoms with Crippen LogP contribution in [0.15, 0.2) is 24.8 Å². The summed E-state index contributed by atoms with van der Waals surface area (Å²) in [5, 5.41) is 11.7. The Bertz CT molecular complexity index is 1040. The second kappa shape index (κ2) is 8.16. The Hall–Kier alpha value is -3.01. The Morgan fingerprint density at radius 2 is 2.21 bits per heavy atom. The molecule has 1 unspecified atom stereocenters. The van der Waals surface area contributed by atoms with E-state index in [-0.39, 0.29) is 30.7 Å². The molecule has 1 aliphatic carbocycles. The molecule has 0 spiro atoms. The van der Waals surface area contributed by atoms with Gasteiger partial charge < -0.3 is 14.6 Å². The summed E-state index contributed by atoms with van der Waals surface area (Å²) in [4.78, 5) is 32.2. The van der Waals surface area contributed by atoms with E-state index in [1.54, 1.807) is 0 Å². The maximum absolute atomic E-state index is 12.3. The first-order valence-electron chi connectivity index (χ1n) is 9.35. The van der Waals surface area contributed by atoms with Crippen molar-refractivity contribution in [3.05, 3.63) is 35.6 Å². The van der Waals surface area contributed by atoms with Crippen molar-refractivity contribution in [2.45, 2.75) is 44.8 Å². The van der Waals surface area contributed by atoms with E-state index in [0.717, 1.165) is 18.2 Å². The number of ether oxygens (including phenoxy) is 1. The first-order valence-corrected chi connectivity index (χ1v) is 9.72. The number of nitrogens with one attached hydrogen (secondary N) is 1. The van der Waals surface area contributed by atoms with Gasteiger partial charge in [-0.05, 0) is 25.8 Å². The number of esters is 1. The van der Waals surface area contributed by atoms with Gasteiger partial charge >= 0.3 is 5.97 Å². The van der Waals surface area contributed by atoms with E-state index in [1.165, 1.54) is 17.2 Å². The number of carbonyl (C=O) groups excluding carboxylic acids is 2. The highest BCUT2D eigenvalue weighted by atomic mass is 35.5. The van der Waals surface area contributed by atoms with Crippen LogP contribution < -0.4 is 5.32 Å². The molecule has 11 heteroatoms. The van der Waals surface area contributed by atoms with Gasteiger partial charge in [-0.25, -0.2) is 14.8 Å². The summed E-state index contributed by atoms with van der Waals surface area (Å²) < 4.78 is 8.69. The molecule has 1 fully saturated rings. The van der Waals surface area contributed by atoms with Crippen LogP contribution in [0.25, 0.3) is 11.0 Å². The molecule has 1 amide bonds. The molecule has 0 bridgehead atoms. The lowest BCUT2D eigenvalue weighted by molar-refractivity contribution is -0.121. The lowest BCUT2D eigenvalue weighted by Gasteiger charge is -2.14. The summed E-state index contributed by atoms with van der Waals surface area (Å²) in [7, 11) is 0. The fourth-order valence-electron chi connectivity index (χ4n) is 2.89. The molecular formula is C18H20ClN7O3. The van der Waals surface area contributed by atoms with Gasteiger partial charge in [0.05, 0.1) is 24.2 Å². The first kappa shape index (κ1) is 19.3. The van der Waals surface area contributed by atoms with Crippen LogP contribution in [0.1, 0.15) is 42.7 Å². The zero-order valence-electron chi connectivity index (χ0n) is 15.8. The van der Waals surface area contributed by atoms with E-state index in [9.17, 15) is 9.59 Å². The number of carbonyl (C=O) groups is 2. The molecule has 3 aromatic heterocycles. The average molecular weight is 418 g/mol. The fourth-order valence-corrected chi connectivity index (χ4v) is 3.08. The predicted octanol–water partition coefficient (Wildman–Crippen LogP) is 1.76. The van der Waals surface area contributed by atoms with Crippen molar-refractivity contribution in [2.24, 2.45) is 0 Å². The molecular weight excluding hydrogens is 398 g/mol. The summed E-state index contributed by atoms with van der Waals surface area (Å²) in [6.45, 7) is 2.38. The molecule has 0 saturated heterocycles. The van der Waals surface area contributed by atoms with Crippen LogP contribution in [-0.2, 0) is 16.1 Å². The van der Waals surface area contributed by atoms with Crippen LogP contribution in [0.4, 0.5) is 0 Å². The average Bonchev–Trinajstić information content (AvgIpc) is 3.21. The zero-order valence-corrected chi connectivity index (χ0v) is 16.5. The number of aromatic nitrogens is 6. The predicted molar refractivity (Wildman–Crippen MR) is 103 cm³/mol. The number of amides is 1. The van der Waals surface area contributed by atoms with Crippen LogP contribution >= 0.6 is 11.6 Å². The SMILES string of the molecule is CC(COC(=O)c1cn(CCC(=O)NC2CC2)nn1)n1ccc2c(Cl)ncnc21. The van der Waals surface area contributed by atoms with E-state index in [1.807, 2.05) is 23.8 Å². The van der Waals surface area contributed by atoms with Crippen LogP contribution in [0.5, 0.6) is 0 Å². The molecule has 1 atom stereocenters. The third-order valence-electron chi connectivity index (χ3n) is 4.65. The van der Waals surface area contributed by atoms with Crippen molar-refractivity contribution in [1.29, 1.82) is 0 Å². The van der Waals surface area contributed by atoms with Crippen molar-refractivity contribution < 1.29 is 14.3 Å². The van der Waals surface area contributed by atoms with Crippen LogP contribution in [0.2, 0.25) is 5.15 Å². The summed E-state index contributed by atoms with van der Waals surface area (Å²) in [5.41, 5.74) is 0.770. The molecule has 29 heavy (non-hydrogen) atoms. The van der Waals surface area contributed by atoms with Crippen LogP contribution in [0.3, 0.4) is 0 Å². The molecule has 3 heterocycles. The van der Waals surface area contributed by atoms with Crippen LogP contribution in [0, 0.1) is 0 Å². The Labute approximate surface area is 171 Å². The minimum Gasteiger partial charge on any atom is -0.459 e. The summed E-state index contributed by atoms with van der Waals surface area (Å²) >= 11 is 6.07. The molecule has 3 aromatic rings. The second-order valence-electron chi connectivity index (χ2n) is 7.03. The Kier molecular flexibility index (Phi) is 5.43. The van der Waals surface area contributed by atoms with Crippen molar-refractivity contribution in [3.63, 3.8) is 0 Å². The van der Waals surface area contributed by atoms with E-state index in [4.69, 9.17) is 16.3 Å². The van der Waals surface area contributed by atoms with E-state index in [0.29, 0.717) is 23.4 Å². The number of hydrogen-bond acceptors (Lipinski definition) is 7. The number of halogens is 1. The number of rotatable bonds is 8. The molecule has 0 radical (unpaired) electrons. The summed E-state index contributed by atoms with van der Waals surface area (Å²) in [6, 6.07) is 1.98. The number of hydrogen-bond donors (Lipinski definition) is 1. The number of nitrogens with zero attached hydrogens (tertiary/aromatic N) is 6. The zero-order chi connectivity index (χ0) is 20.4. The summed E-state index contributed by atoms with van der Waals surface area (Å²) in [5.74, 6) is -0.599. The van der Waals surface area contributed by atoms with Gasteiger partial charge in [-0.2, -0.15) is 0 Å². The lowest BCUT2D eigenvalue weighted by atomic mass is 10.3. The van der Waals surface area contributed by atoms with E-state index < -0.39 is 5.97 Å². The molecule has 1 saturated carbocycles. The maximum atomic E-state index is 12.3. The van der Waals surface area contributed by atoms with Gasteiger partial charge in [0.1, 0.15) is 23.7 Å². The molecule has 0 aromatic carbocycles. The van der Waals surface area contributed by atoms with Gasteiger partial charge in [0.25, 0.3) is 0 Å². The van der Waals surface area contributed by atoms with Gasteiger partial charge in [0.15, 0.2) is 5.69 Å². The normalized spacial score (nSPS) is 14.7. The number of fused-ring (bicyclic) bond motifs is 1. The second-order valence-corrected chi connectivity index (χ2v) is 7.39. The van der Waals surface area contributed by atoms with E-state index in [2.05, 4.69) is 25.6 Å². The Morgan fingerprint density at radius 1 is 1.38 bits per heavy atom. The first-order chi connectivity index (χ1) is 14.0. The fraction of sp³-hybridized carbons (Fsp3) is 0.444. The standard InChI is InChI=1S/C18H20ClN7O3/c1-11(26-7-4-13-16(19)20-10-21-17(13)26)9-29-18(28)14-8-25(24-23-14)6-5-15(27)22-12-2-3-12/h4,7-8,10-12H,2-3,5-6,9H2,1H3,(H,22,27). The minimum atomic E-state index is -0.574. The lowest BCUT2D eigenvalue weighted by Crippen LogP contribution is -2.26. The summed E-state index contributed by atoms with van der Waals surface area (Å²) in [6.07, 6.45) is 7.08. The highest BCUT2D eigenvalue weighted by molar-refractivity contribution is 6.33. The largest absolute Gasteiger partial charge is 0.459 e. The van der Waals surface area contributed by atoms with Crippen molar-refractivity contribution >= 4 is 34.5 Å². The van der Waals surface area contributed by atoms with Gasteiger partial charge in [-0.15, -0.1) is 5.10 Å². The van der Waals surface area contributed by atoms with Gasteiger partial charge in [-0.1, -0.05) is 16.8 Å². The topological polar surface area (TPSA) is 117 Å². The van der Waals surface area contributed by atoms with Gasteiger partial charge in [-0.3, -0.25) is 9.48 Å². The molecule has 4 rings (SSSR count). The van der Waals surface area contributed by atoms with Crippen molar-refractivity contribution in [1.82, 2.24) is 34.8 Å². The third-order valence-corrected chi connectivity index (χ3v) is 4.95. The van der Waals surface area contributed by atoms with Crippen molar-refractivity contribution in [3.8, 4) is 0 Å². The van der Waals surface area contributed by atoms with Crippen LogP contribution in [-0.4, -0.2) is 54.1 Å². The number of aryl methyl sites for hydroxylation is 1. The van der Waals surface area contributed by atoms with Gasteiger partial charge in [0.2, 0.25) is 5.91 Å². The monoisotopic (exact) mass is 417 g/mol. The van der Waals surface area contributed by atoms with E-state index >= 15 is 0 Å². The molecule has 1 N–H and O–H groups in total. The molecule has 0 aliphatic heterocycles. The quantitative estimate of drug-likeness (QED) is 0.438. The minimum absolute atomic E-state index is 0.0242. The highest BCUT2D eigenvalue weighted by Gasteiger charge is 2.23. The van der Waals surface area contributed by atoms with Gasteiger partial charge in [0, 0.05) is 18.7 Å². The molecule has 152 valence electrons. The Balaban J connectivity index is 1.30. The maximum Gasteiger partial charge on any atom is 0.360 e. The smallest absolute Gasteiger partial charge is 0.360 e. The molecule has 10 nitrogen and oxygen atoms in total. The van der Waals surface area contributed by atoms with Crippen molar-refractivity contribution in [2.75, 3.05) is 6.61 Å². The molecule has 1 aliphatic rings. The highest BCUT2D eigenvalue weighted by Crippen LogP contribution is 2.23. The Morgan fingerprint density at radius 3 is 3.00 bits per heavy atom.